The Kier molecular flexibility index (Phi) is 23.0. The number of nitrogens with zero attached hydrogens (tertiary/aromatic N) is 12. The number of halogens is 14. The molecule has 9 heterocycles. The Morgan fingerprint density at radius 1 is 0.412 bits per heavy atom. The first-order valence-electron chi connectivity index (χ1n) is 33.8. The maximum atomic E-state index is 12.8. The summed E-state index contributed by atoms with van der Waals surface area (Å²) in [6.07, 6.45) is -11.0. The third-order valence-electron chi connectivity index (χ3n) is 17.4. The summed E-state index contributed by atoms with van der Waals surface area (Å²) in [5, 5.41) is 38.7. The van der Waals surface area contributed by atoms with Gasteiger partial charge < -0.3 is 25.0 Å². The van der Waals surface area contributed by atoms with Gasteiger partial charge in [-0.3, -0.25) is 43.1 Å². The van der Waals surface area contributed by atoms with E-state index in [-0.39, 0.29) is 47.5 Å². The summed E-state index contributed by atoms with van der Waals surface area (Å²) in [6, 6.07) is 51.0. The first-order chi connectivity index (χ1) is 54.4. The van der Waals surface area contributed by atoms with Crippen LogP contribution in [0.1, 0.15) is 86.4 Å². The first kappa shape index (κ1) is 79.1. The fraction of sp³-hybridized carbons (Fsp3) is 0.127. The molecular weight excluding hydrogens is 1570 g/mol. The summed E-state index contributed by atoms with van der Waals surface area (Å²) in [4.78, 5) is 45.4. The molecule has 16 aromatic rings. The molecular formula is C79H55Cl2F12N15O5S. The molecule has 0 saturated carbocycles. The number of hydrogen-bond acceptors (Lipinski definition) is 14. The summed E-state index contributed by atoms with van der Waals surface area (Å²) in [5.74, 6) is -0.393. The van der Waals surface area contributed by atoms with E-state index in [1.165, 1.54) is 83.4 Å². The second-order valence-electron chi connectivity index (χ2n) is 25.2. The zero-order chi connectivity index (χ0) is 80.8. The molecule has 114 heavy (non-hydrogen) atoms. The van der Waals surface area contributed by atoms with Crippen LogP contribution in [0.3, 0.4) is 0 Å². The van der Waals surface area contributed by atoms with E-state index >= 15 is 0 Å². The van der Waals surface area contributed by atoms with Gasteiger partial charge in [0.15, 0.2) is 17.5 Å². The molecule has 0 fully saturated rings. The van der Waals surface area contributed by atoms with Gasteiger partial charge in [-0.1, -0.05) is 149 Å². The highest BCUT2D eigenvalue weighted by molar-refractivity contribution is 7.12. The van der Waals surface area contributed by atoms with E-state index in [9.17, 15) is 67.1 Å². The maximum Gasteiger partial charge on any atom is 0.433 e. The molecule has 3 amide bonds. The Morgan fingerprint density at radius 2 is 0.816 bits per heavy atom. The molecule has 0 spiro atoms. The molecule has 0 aliphatic rings. The third kappa shape index (κ3) is 18.3. The Bertz CT molecular complexity index is 5930. The lowest BCUT2D eigenvalue weighted by atomic mass is 10.1. The van der Waals surface area contributed by atoms with E-state index in [0.29, 0.717) is 78.0 Å². The number of thiophene rings is 1. The molecule has 0 unspecified atom stereocenters. The number of para-hydroxylation sites is 3. The van der Waals surface area contributed by atoms with Crippen LogP contribution >= 0.6 is 34.5 Å². The predicted molar refractivity (Wildman–Crippen MR) is 403 cm³/mol. The highest BCUT2D eigenvalue weighted by Gasteiger charge is 2.34. The first-order valence-corrected chi connectivity index (χ1v) is 35.5. The molecule has 16 rings (SSSR count). The minimum Gasteiger partial charge on any atom is -0.364 e. The number of fused-ring (bicyclic) bond motifs is 4. The Balaban J connectivity index is 0.000000133. The molecule has 3 N–H and O–H groups in total. The van der Waals surface area contributed by atoms with Crippen molar-refractivity contribution in [2.75, 3.05) is 16.0 Å². The van der Waals surface area contributed by atoms with E-state index in [1.54, 1.807) is 58.9 Å². The molecule has 0 aliphatic heterocycles. The molecule has 0 aliphatic carbocycles. The molecule has 7 aromatic carbocycles. The standard InChI is InChI=1S/C21H15F3N2.C20H13ClF3N3OS.C19H13ClF3N5O2.C19H14F3N5O2/c22-21(23,24)17-12-10-15(11-13-17)14-26-19-9-5-4-8-18(19)20(25-26)16-6-2-1-3-7-16;21-15-9-10-29-17(15)19(28)25-18-14-3-1-2-4-16(14)27(26-18)11-12-5-7-13(8-6-12)20(22,23)24;1-10-13(9-30-27-10)18(29)25-17-16-14(20)6-24-7-15(16)28(26-17)8-11-2-4-12(5-3-11)19(21,22)23;1-11-14(10-29-26-11)18(28)24-17-13-4-2-3-5-15(13)27(25-17)9-12-6-7-16(23-8-12)19(20,21)22/h1-13H,14H2;1-10H,11H2,(H,25,26,28);2-7,9H,8H2,1H3,(H,25,26,29);2-8,10H,9H2,1H3,(H,24,25,28). The Hall–Kier alpha value is -13.0. The van der Waals surface area contributed by atoms with E-state index in [2.05, 4.69) is 51.5 Å². The van der Waals surface area contributed by atoms with Crippen LogP contribution in [0.5, 0.6) is 0 Å². The number of aryl methyl sites for hydroxylation is 2. The van der Waals surface area contributed by atoms with Gasteiger partial charge in [0.1, 0.15) is 39.9 Å². The Morgan fingerprint density at radius 3 is 1.25 bits per heavy atom. The van der Waals surface area contributed by atoms with Gasteiger partial charge in [-0.05, 0) is 120 Å². The number of pyridine rings is 2. The van der Waals surface area contributed by atoms with Gasteiger partial charge in [-0.25, -0.2) is 0 Å². The lowest BCUT2D eigenvalue weighted by molar-refractivity contribution is -0.141. The summed E-state index contributed by atoms with van der Waals surface area (Å²) in [7, 11) is 0. The van der Waals surface area contributed by atoms with Crippen LogP contribution in [0.15, 0.2) is 240 Å². The fourth-order valence-electron chi connectivity index (χ4n) is 11.8. The van der Waals surface area contributed by atoms with Crippen molar-refractivity contribution in [1.29, 1.82) is 0 Å². The van der Waals surface area contributed by atoms with Crippen LogP contribution in [-0.4, -0.2) is 77.1 Å². The third-order valence-corrected chi connectivity index (χ3v) is 19.1. The van der Waals surface area contributed by atoms with Gasteiger partial charge in [-0.2, -0.15) is 73.1 Å². The number of carbonyl (C=O) groups excluding carboxylic acids is 3. The van der Waals surface area contributed by atoms with Crippen molar-refractivity contribution in [3.8, 4) is 11.3 Å². The van der Waals surface area contributed by atoms with Crippen LogP contribution in [-0.2, 0) is 50.9 Å². The second-order valence-corrected chi connectivity index (χ2v) is 26.9. The van der Waals surface area contributed by atoms with Crippen molar-refractivity contribution in [1.82, 2.24) is 59.4 Å². The van der Waals surface area contributed by atoms with Crippen molar-refractivity contribution in [2.24, 2.45) is 0 Å². The molecule has 35 heteroatoms. The highest BCUT2D eigenvalue weighted by Crippen LogP contribution is 2.37. The van der Waals surface area contributed by atoms with Crippen molar-refractivity contribution >= 4 is 113 Å². The summed E-state index contributed by atoms with van der Waals surface area (Å²) in [5.41, 5.74) is 5.71. The SMILES string of the molecule is Cc1nocc1C(=O)Nc1nn(Cc2ccc(C(F)(F)F)cc2)c2cncc(Cl)c12.Cc1nocc1C(=O)Nc1nn(Cc2ccc(C(F)(F)F)nc2)c2ccccc12.FC(F)(F)c1ccc(Cn2nc(-c3ccccc3)c3ccccc32)cc1.O=C(Nc1nn(Cc2ccc(C(F)(F)F)cc2)c2ccccc12)c1sccc1Cl. The smallest absolute Gasteiger partial charge is 0.364 e. The van der Waals surface area contributed by atoms with Gasteiger partial charge >= 0.3 is 24.7 Å². The molecule has 0 saturated heterocycles. The summed E-state index contributed by atoms with van der Waals surface area (Å²) < 4.78 is 169. The zero-order valence-electron chi connectivity index (χ0n) is 58.9. The molecule has 20 nitrogen and oxygen atoms in total. The summed E-state index contributed by atoms with van der Waals surface area (Å²) >= 11 is 13.5. The quantitative estimate of drug-likeness (QED) is 0.0811. The number of aromatic nitrogens is 12. The van der Waals surface area contributed by atoms with Crippen molar-refractivity contribution in [2.45, 2.75) is 64.7 Å². The van der Waals surface area contributed by atoms with E-state index in [1.807, 2.05) is 83.5 Å². The predicted octanol–water partition coefficient (Wildman–Crippen LogP) is 20.6. The molecule has 0 atom stereocenters. The molecule has 580 valence electrons. The topological polar surface area (TPSA) is 236 Å². The average Bonchev–Trinajstić information content (AvgIpc) is 1.64. The highest BCUT2D eigenvalue weighted by atomic mass is 35.5. The number of benzene rings is 7. The van der Waals surface area contributed by atoms with Crippen molar-refractivity contribution < 1.29 is 76.1 Å². The van der Waals surface area contributed by atoms with Gasteiger partial charge in [0, 0.05) is 34.1 Å². The van der Waals surface area contributed by atoms with E-state index in [4.69, 9.17) is 37.3 Å². The van der Waals surface area contributed by atoms with Gasteiger partial charge in [0.05, 0.1) is 98.0 Å². The van der Waals surface area contributed by atoms with Crippen LogP contribution in [0, 0.1) is 13.8 Å². The van der Waals surface area contributed by atoms with Crippen LogP contribution in [0.4, 0.5) is 70.1 Å². The average molecular weight is 1630 g/mol. The monoisotopic (exact) mass is 1620 g/mol. The molecule has 0 bridgehead atoms. The second kappa shape index (κ2) is 33.1. The number of anilines is 3. The lowest BCUT2D eigenvalue weighted by Gasteiger charge is -2.08. The van der Waals surface area contributed by atoms with Gasteiger partial charge in [0.25, 0.3) is 17.7 Å². The van der Waals surface area contributed by atoms with Crippen LogP contribution in [0.25, 0.3) is 54.9 Å². The number of nitrogens with one attached hydrogen (secondary N) is 3. The van der Waals surface area contributed by atoms with Crippen molar-refractivity contribution in [3.05, 3.63) is 313 Å². The fourth-order valence-corrected chi connectivity index (χ4v) is 13.1. The van der Waals surface area contributed by atoms with Gasteiger partial charge in [-0.15, -0.1) is 11.3 Å². The number of amides is 3. The lowest BCUT2D eigenvalue weighted by Crippen LogP contribution is -2.13. The van der Waals surface area contributed by atoms with Crippen molar-refractivity contribution in [3.63, 3.8) is 0 Å². The largest absolute Gasteiger partial charge is 0.433 e. The number of rotatable bonds is 15. The Labute approximate surface area is 650 Å². The van der Waals surface area contributed by atoms with Crippen LogP contribution in [0.2, 0.25) is 10.0 Å². The normalized spacial score (nSPS) is 11.8. The number of hydrogen-bond donors (Lipinski definition) is 3. The maximum absolute atomic E-state index is 12.8. The summed E-state index contributed by atoms with van der Waals surface area (Å²) in [6.45, 7) is 4.27. The van der Waals surface area contributed by atoms with Gasteiger partial charge in [0.2, 0.25) is 0 Å². The minimum absolute atomic E-state index is 0.152. The van der Waals surface area contributed by atoms with E-state index < -0.39 is 58.9 Å². The number of carbonyl (C=O) groups is 3. The molecule has 9 aromatic heterocycles. The molecule has 0 radical (unpaired) electrons. The van der Waals surface area contributed by atoms with E-state index in [0.717, 1.165) is 87.3 Å². The van der Waals surface area contributed by atoms with Crippen LogP contribution < -0.4 is 16.0 Å². The zero-order valence-corrected chi connectivity index (χ0v) is 61.2. The minimum atomic E-state index is -4.49. The number of alkyl halides is 12.